The lowest BCUT2D eigenvalue weighted by atomic mass is 10.1. The van der Waals surface area contributed by atoms with E-state index in [0.29, 0.717) is 32.8 Å². The second kappa shape index (κ2) is 9.34. The number of pyridine rings is 1. The molecule has 158 valence electrons. The van der Waals surface area contributed by atoms with Crippen molar-refractivity contribution in [2.75, 3.05) is 17.7 Å². The van der Waals surface area contributed by atoms with Crippen molar-refractivity contribution >= 4 is 52.1 Å². The zero-order valence-corrected chi connectivity index (χ0v) is 18.5. The van der Waals surface area contributed by atoms with Crippen LogP contribution in [-0.4, -0.2) is 27.8 Å². The minimum Gasteiger partial charge on any atom is -0.353 e. The summed E-state index contributed by atoms with van der Waals surface area (Å²) in [5.74, 6) is 0.955. The van der Waals surface area contributed by atoms with Crippen LogP contribution in [0.25, 0.3) is 0 Å². The predicted molar refractivity (Wildman–Crippen MR) is 119 cm³/mol. The Bertz CT molecular complexity index is 1070. The fourth-order valence-electron chi connectivity index (χ4n) is 2.85. The molecule has 0 bridgehead atoms. The Morgan fingerprint density at radius 2 is 1.90 bits per heavy atom. The summed E-state index contributed by atoms with van der Waals surface area (Å²) in [5, 5.41) is 11.7. The van der Waals surface area contributed by atoms with Gasteiger partial charge in [0.15, 0.2) is 0 Å². The zero-order chi connectivity index (χ0) is 21.8. The Labute approximate surface area is 184 Å². The van der Waals surface area contributed by atoms with Crippen LogP contribution in [0.3, 0.4) is 0 Å². The maximum atomic E-state index is 12.3. The van der Waals surface area contributed by atoms with Crippen LogP contribution in [0, 0.1) is 6.92 Å². The molecule has 1 amide bonds. The van der Waals surface area contributed by atoms with Gasteiger partial charge in [0.25, 0.3) is 5.91 Å². The Hall–Kier alpha value is -2.81. The monoisotopic (exact) mass is 448 g/mol. The Kier molecular flexibility index (Phi) is 6.81. The first-order chi connectivity index (χ1) is 14.3. The van der Waals surface area contributed by atoms with Gasteiger partial charge in [-0.1, -0.05) is 23.2 Å². The maximum Gasteiger partial charge on any atom is 0.276 e. The highest BCUT2D eigenvalue weighted by atomic mass is 35.5. The largest absolute Gasteiger partial charge is 0.353 e. The van der Waals surface area contributed by atoms with E-state index in [9.17, 15) is 4.79 Å². The highest BCUT2D eigenvalue weighted by Crippen LogP contribution is 2.31. The molecule has 0 atom stereocenters. The second-order valence-corrected chi connectivity index (χ2v) is 7.68. The topological polar surface area (TPSA) is 93.1 Å². The van der Waals surface area contributed by atoms with E-state index in [1.54, 1.807) is 24.3 Å². The van der Waals surface area contributed by atoms with Gasteiger partial charge in [-0.2, -0.15) is 5.10 Å². The Balaban J connectivity index is 1.92. The minimum absolute atomic E-state index is 0.180. The molecule has 0 aliphatic heterocycles. The number of aryl methyl sites for hydroxylation is 1. The lowest BCUT2D eigenvalue weighted by Gasteiger charge is -2.15. The first-order valence-electron chi connectivity index (χ1n) is 9.17. The van der Waals surface area contributed by atoms with Gasteiger partial charge in [-0.15, -0.1) is 0 Å². The second-order valence-electron chi connectivity index (χ2n) is 6.83. The van der Waals surface area contributed by atoms with Crippen molar-refractivity contribution in [3.05, 3.63) is 57.8 Å². The molecule has 1 aromatic carbocycles. The van der Waals surface area contributed by atoms with E-state index in [-0.39, 0.29) is 6.04 Å². The fourth-order valence-corrected chi connectivity index (χ4v) is 3.17. The molecule has 3 aromatic rings. The van der Waals surface area contributed by atoms with Crippen LogP contribution < -0.4 is 16.1 Å². The van der Waals surface area contributed by atoms with Gasteiger partial charge < -0.3 is 10.6 Å². The number of nitrogens with one attached hydrogen (secondary N) is 3. The molecular formula is C20H22Cl2N6O2. The molecule has 0 aliphatic rings. The number of hydrogen-bond donors (Lipinski definition) is 3. The first kappa shape index (κ1) is 21.9. The number of hydrogen-bond acceptors (Lipinski definition) is 6. The number of nitrogens with zero attached hydrogens (tertiary/aromatic N) is 3. The van der Waals surface area contributed by atoms with Crippen LogP contribution in [0.1, 0.15) is 35.9 Å². The molecule has 0 aliphatic carbocycles. The normalized spacial score (nSPS) is 10.9. The third-order valence-electron chi connectivity index (χ3n) is 4.15. The first-order valence-corrected chi connectivity index (χ1v) is 9.92. The van der Waals surface area contributed by atoms with Crippen molar-refractivity contribution < 1.29 is 9.63 Å². The van der Waals surface area contributed by atoms with Crippen LogP contribution in [0.5, 0.6) is 0 Å². The number of amides is 1. The summed E-state index contributed by atoms with van der Waals surface area (Å²) in [6.07, 6.45) is 1.52. The molecule has 0 saturated carbocycles. The van der Waals surface area contributed by atoms with Gasteiger partial charge in [-0.25, -0.2) is 15.1 Å². The summed E-state index contributed by atoms with van der Waals surface area (Å²) in [6, 6.07) is 8.71. The van der Waals surface area contributed by atoms with Crippen LogP contribution >= 0.6 is 23.2 Å². The van der Waals surface area contributed by atoms with Gasteiger partial charge in [0.05, 0.1) is 41.0 Å². The van der Waals surface area contributed by atoms with Gasteiger partial charge in [-0.05, 0) is 39.0 Å². The molecule has 0 spiro atoms. The van der Waals surface area contributed by atoms with Crippen molar-refractivity contribution in [1.82, 2.24) is 20.2 Å². The summed E-state index contributed by atoms with van der Waals surface area (Å²) in [6.45, 7) is 6.02. The average molecular weight is 449 g/mol. The van der Waals surface area contributed by atoms with Crippen LogP contribution in [0.4, 0.5) is 23.0 Å². The SMILES string of the molecule is CONC(=O)c1ccc(Cl)cc1Nc1cc(Nc2cc(C)nn2C(C)C)ncc1Cl. The summed E-state index contributed by atoms with van der Waals surface area (Å²) in [5.41, 5.74) is 4.56. The van der Waals surface area contributed by atoms with E-state index in [1.165, 1.54) is 13.3 Å². The molecule has 0 saturated heterocycles. The van der Waals surface area contributed by atoms with E-state index in [1.807, 2.05) is 31.5 Å². The van der Waals surface area contributed by atoms with E-state index < -0.39 is 5.91 Å². The number of benzene rings is 1. The highest BCUT2D eigenvalue weighted by molar-refractivity contribution is 6.33. The maximum absolute atomic E-state index is 12.3. The van der Waals surface area contributed by atoms with Gasteiger partial charge in [0.1, 0.15) is 11.6 Å². The summed E-state index contributed by atoms with van der Waals surface area (Å²) in [4.78, 5) is 21.3. The van der Waals surface area contributed by atoms with E-state index >= 15 is 0 Å². The molecule has 8 nitrogen and oxygen atoms in total. The lowest BCUT2D eigenvalue weighted by molar-refractivity contribution is 0.0538. The number of carbonyl (C=O) groups is 1. The molecule has 10 heteroatoms. The number of halogens is 2. The standard InChI is InChI=1S/C20H22Cl2N6O2/c1-11(2)28-19(7-12(3)26-28)25-18-9-17(15(22)10-23-18)24-16-8-13(21)5-6-14(16)20(29)27-30-4/h5-11H,1-4H3,(H,27,29)(H2,23,24,25). The van der Waals surface area contributed by atoms with Crippen LogP contribution in [0.2, 0.25) is 10.0 Å². The van der Waals surface area contributed by atoms with E-state index in [2.05, 4.69) is 26.2 Å². The molecule has 30 heavy (non-hydrogen) atoms. The van der Waals surface area contributed by atoms with Crippen molar-refractivity contribution in [1.29, 1.82) is 0 Å². The number of carbonyl (C=O) groups excluding carboxylic acids is 1. The quantitative estimate of drug-likeness (QED) is 0.427. The minimum atomic E-state index is -0.420. The highest BCUT2D eigenvalue weighted by Gasteiger charge is 2.15. The molecule has 2 aromatic heterocycles. The Morgan fingerprint density at radius 3 is 2.60 bits per heavy atom. The summed E-state index contributed by atoms with van der Waals surface area (Å²) >= 11 is 12.5. The summed E-state index contributed by atoms with van der Waals surface area (Å²) in [7, 11) is 1.36. The molecule has 0 radical (unpaired) electrons. The van der Waals surface area contributed by atoms with Crippen molar-refractivity contribution in [3.8, 4) is 0 Å². The lowest BCUT2D eigenvalue weighted by Crippen LogP contribution is -2.22. The number of anilines is 4. The van der Waals surface area contributed by atoms with Crippen molar-refractivity contribution in [2.45, 2.75) is 26.8 Å². The number of aromatic nitrogens is 3. The number of rotatable bonds is 7. The zero-order valence-electron chi connectivity index (χ0n) is 17.0. The average Bonchev–Trinajstić information content (AvgIpc) is 3.05. The predicted octanol–water partition coefficient (Wildman–Crippen LogP) is 5.25. The smallest absolute Gasteiger partial charge is 0.276 e. The van der Waals surface area contributed by atoms with Crippen molar-refractivity contribution in [3.63, 3.8) is 0 Å². The van der Waals surface area contributed by atoms with E-state index in [0.717, 1.165) is 11.5 Å². The van der Waals surface area contributed by atoms with Crippen LogP contribution in [-0.2, 0) is 4.84 Å². The fraction of sp³-hybridized carbons (Fsp3) is 0.250. The van der Waals surface area contributed by atoms with Gasteiger partial charge in [0.2, 0.25) is 0 Å². The molecule has 2 heterocycles. The molecule has 0 unspecified atom stereocenters. The third kappa shape index (κ3) is 5.02. The van der Waals surface area contributed by atoms with Gasteiger partial charge in [-0.3, -0.25) is 9.63 Å². The molecule has 0 fully saturated rings. The van der Waals surface area contributed by atoms with Gasteiger partial charge >= 0.3 is 0 Å². The van der Waals surface area contributed by atoms with Crippen molar-refractivity contribution in [2.24, 2.45) is 0 Å². The molecule has 3 rings (SSSR count). The van der Waals surface area contributed by atoms with Crippen LogP contribution in [0.15, 0.2) is 36.5 Å². The summed E-state index contributed by atoms with van der Waals surface area (Å²) < 4.78 is 1.88. The molecule has 3 N–H and O–H groups in total. The third-order valence-corrected chi connectivity index (χ3v) is 4.69. The van der Waals surface area contributed by atoms with Gasteiger partial charge in [0, 0.05) is 23.2 Å². The van der Waals surface area contributed by atoms with E-state index in [4.69, 9.17) is 28.0 Å². The molecular weight excluding hydrogens is 427 g/mol. The number of hydroxylamine groups is 1. The Morgan fingerprint density at radius 1 is 1.13 bits per heavy atom.